The Morgan fingerprint density at radius 3 is 2.45 bits per heavy atom. The van der Waals surface area contributed by atoms with Gasteiger partial charge in [0.25, 0.3) is 0 Å². The molecule has 1 unspecified atom stereocenters. The van der Waals surface area contributed by atoms with Crippen molar-refractivity contribution in [3.8, 4) is 0 Å². The molecule has 1 aliphatic carbocycles. The number of aliphatic imine (C=N–C) groups is 1. The van der Waals surface area contributed by atoms with Crippen LogP contribution >= 0.6 is 24.0 Å². The van der Waals surface area contributed by atoms with E-state index in [9.17, 15) is 4.79 Å². The lowest BCUT2D eigenvalue weighted by Gasteiger charge is -2.40. The maximum absolute atomic E-state index is 12.8. The summed E-state index contributed by atoms with van der Waals surface area (Å²) in [5.41, 5.74) is 0. The largest absolute Gasteiger partial charge is 0.469 e. The Bertz CT molecular complexity index is 691. The van der Waals surface area contributed by atoms with Gasteiger partial charge < -0.3 is 19.5 Å². The zero-order valence-electron chi connectivity index (χ0n) is 18.8. The topological polar surface area (TPSA) is 64.3 Å². The molecular formula is C23H38IN5O2. The Morgan fingerprint density at radius 2 is 1.81 bits per heavy atom. The first-order chi connectivity index (χ1) is 14.7. The Kier molecular flexibility index (Phi) is 9.49. The number of hydrogen-bond donors (Lipinski definition) is 1. The zero-order valence-corrected chi connectivity index (χ0v) is 21.1. The lowest BCUT2D eigenvalue weighted by atomic mass is 10.2. The van der Waals surface area contributed by atoms with E-state index in [2.05, 4.69) is 22.0 Å². The molecule has 174 valence electrons. The first-order valence-corrected chi connectivity index (χ1v) is 11.8. The van der Waals surface area contributed by atoms with E-state index < -0.39 is 0 Å². The van der Waals surface area contributed by atoms with Crippen LogP contribution in [-0.2, 0) is 11.2 Å². The molecule has 1 N–H and O–H groups in total. The predicted octanol–water partition coefficient (Wildman–Crippen LogP) is 2.96. The maximum atomic E-state index is 12.8. The molecule has 31 heavy (non-hydrogen) atoms. The summed E-state index contributed by atoms with van der Waals surface area (Å²) in [6, 6.07) is 4.46. The molecule has 3 fully saturated rings. The molecule has 3 heterocycles. The molecule has 8 heteroatoms. The van der Waals surface area contributed by atoms with Gasteiger partial charge in [-0.1, -0.05) is 12.8 Å². The smallest absolute Gasteiger partial charge is 0.239 e. The van der Waals surface area contributed by atoms with Crippen LogP contribution in [0.15, 0.2) is 27.8 Å². The van der Waals surface area contributed by atoms with E-state index in [-0.39, 0.29) is 30.0 Å². The van der Waals surface area contributed by atoms with Gasteiger partial charge in [0.05, 0.1) is 12.3 Å². The summed E-state index contributed by atoms with van der Waals surface area (Å²) in [4.78, 5) is 24.5. The van der Waals surface area contributed by atoms with Crippen molar-refractivity contribution in [1.82, 2.24) is 20.0 Å². The molecule has 7 nitrogen and oxygen atoms in total. The van der Waals surface area contributed by atoms with Gasteiger partial charge in [-0.05, 0) is 44.7 Å². The van der Waals surface area contributed by atoms with Gasteiger partial charge in [0.1, 0.15) is 5.76 Å². The highest BCUT2D eigenvalue weighted by atomic mass is 127. The Hall–Kier alpha value is -1.29. The summed E-state index contributed by atoms with van der Waals surface area (Å²) in [5.74, 6) is 2.32. The Labute approximate surface area is 203 Å². The number of carbonyl (C=O) groups is 1. The fraction of sp³-hybridized carbons (Fsp3) is 0.739. The standard InChI is InChI=1S/C23H37N5O2.HI/c1-19(22(29)27-12-4-5-13-27)26-14-16-28(17-15-26)23(25-20-7-2-3-8-20)24-11-10-21-9-6-18-30-21;/h6,9,18-20H,2-5,7-8,10-17H2,1H3,(H,24,25);1H. The van der Waals surface area contributed by atoms with E-state index >= 15 is 0 Å². The normalized spacial score (nSPS) is 21.9. The van der Waals surface area contributed by atoms with Crippen LogP contribution in [0, 0.1) is 0 Å². The third-order valence-corrected chi connectivity index (χ3v) is 6.82. The lowest BCUT2D eigenvalue weighted by molar-refractivity contribution is -0.135. The van der Waals surface area contributed by atoms with Crippen LogP contribution in [0.4, 0.5) is 0 Å². The van der Waals surface area contributed by atoms with Crippen molar-refractivity contribution in [1.29, 1.82) is 0 Å². The molecule has 1 saturated carbocycles. The number of likely N-dealkylation sites (tertiary alicyclic amines) is 1. The number of nitrogens with zero attached hydrogens (tertiary/aromatic N) is 4. The number of piperazine rings is 1. The fourth-order valence-corrected chi connectivity index (χ4v) is 4.90. The number of nitrogens with one attached hydrogen (secondary N) is 1. The van der Waals surface area contributed by atoms with Crippen LogP contribution in [0.2, 0.25) is 0 Å². The molecule has 4 rings (SSSR count). The van der Waals surface area contributed by atoms with Crippen LogP contribution in [0.5, 0.6) is 0 Å². The molecule has 2 saturated heterocycles. The van der Waals surface area contributed by atoms with Crippen LogP contribution in [0.25, 0.3) is 0 Å². The minimum atomic E-state index is -0.0209. The summed E-state index contributed by atoms with van der Waals surface area (Å²) < 4.78 is 5.45. The number of amides is 1. The van der Waals surface area contributed by atoms with Crippen LogP contribution in [-0.4, -0.2) is 84.5 Å². The molecule has 1 amide bonds. The van der Waals surface area contributed by atoms with Crippen molar-refractivity contribution >= 4 is 35.8 Å². The van der Waals surface area contributed by atoms with Crippen molar-refractivity contribution in [2.24, 2.45) is 4.99 Å². The molecule has 0 radical (unpaired) electrons. The molecule has 1 aromatic heterocycles. The van der Waals surface area contributed by atoms with Crippen molar-refractivity contribution < 1.29 is 9.21 Å². The predicted molar refractivity (Wildman–Crippen MR) is 134 cm³/mol. The van der Waals surface area contributed by atoms with Gasteiger partial charge in [-0.15, -0.1) is 24.0 Å². The first kappa shape index (κ1) is 24.4. The summed E-state index contributed by atoms with van der Waals surface area (Å²) in [6.07, 6.45) is 9.93. The lowest BCUT2D eigenvalue weighted by Crippen LogP contribution is -2.57. The zero-order chi connectivity index (χ0) is 20.8. The Balaban J connectivity index is 0.00000272. The van der Waals surface area contributed by atoms with Crippen molar-refractivity contribution in [2.75, 3.05) is 45.8 Å². The van der Waals surface area contributed by atoms with E-state index in [1.165, 1.54) is 25.7 Å². The number of carbonyl (C=O) groups excluding carboxylic acids is 1. The first-order valence-electron chi connectivity index (χ1n) is 11.8. The van der Waals surface area contributed by atoms with Gasteiger partial charge in [0.15, 0.2) is 5.96 Å². The number of halogens is 1. The SMILES string of the molecule is CC(C(=O)N1CCCC1)N1CCN(C(=NCCc2ccco2)NC2CCCC2)CC1.I. The Morgan fingerprint density at radius 1 is 1.10 bits per heavy atom. The van der Waals surface area contributed by atoms with Gasteiger partial charge >= 0.3 is 0 Å². The third-order valence-electron chi connectivity index (χ3n) is 6.82. The average Bonchev–Trinajstić information content (AvgIpc) is 3.56. The molecule has 2 aliphatic heterocycles. The highest BCUT2D eigenvalue weighted by Gasteiger charge is 2.31. The monoisotopic (exact) mass is 543 g/mol. The number of hydrogen-bond acceptors (Lipinski definition) is 4. The van der Waals surface area contributed by atoms with Gasteiger partial charge in [-0.25, -0.2) is 0 Å². The molecule has 0 spiro atoms. The van der Waals surface area contributed by atoms with Crippen LogP contribution in [0.3, 0.4) is 0 Å². The van der Waals surface area contributed by atoms with Gasteiger partial charge in [0, 0.05) is 58.3 Å². The molecule has 0 aromatic carbocycles. The number of rotatable bonds is 6. The maximum Gasteiger partial charge on any atom is 0.239 e. The summed E-state index contributed by atoms with van der Waals surface area (Å²) in [7, 11) is 0. The van der Waals surface area contributed by atoms with E-state index in [1.807, 2.05) is 17.0 Å². The molecule has 1 atom stereocenters. The minimum absolute atomic E-state index is 0. The van der Waals surface area contributed by atoms with Gasteiger partial charge in [0.2, 0.25) is 5.91 Å². The summed E-state index contributed by atoms with van der Waals surface area (Å²) in [5, 5.41) is 3.73. The van der Waals surface area contributed by atoms with Crippen molar-refractivity contribution in [3.63, 3.8) is 0 Å². The van der Waals surface area contributed by atoms with Crippen LogP contribution in [0.1, 0.15) is 51.2 Å². The van der Waals surface area contributed by atoms with Crippen LogP contribution < -0.4 is 5.32 Å². The second kappa shape index (κ2) is 12.1. The second-order valence-corrected chi connectivity index (χ2v) is 8.89. The highest BCUT2D eigenvalue weighted by Crippen LogP contribution is 2.19. The van der Waals surface area contributed by atoms with Crippen molar-refractivity contribution in [2.45, 2.75) is 64.0 Å². The molecule has 0 bridgehead atoms. The summed E-state index contributed by atoms with van der Waals surface area (Å²) >= 11 is 0. The average molecular weight is 543 g/mol. The summed E-state index contributed by atoms with van der Waals surface area (Å²) in [6.45, 7) is 8.31. The van der Waals surface area contributed by atoms with Gasteiger partial charge in [-0.3, -0.25) is 14.7 Å². The van der Waals surface area contributed by atoms with E-state index in [1.54, 1.807) is 6.26 Å². The molecule has 3 aliphatic rings. The second-order valence-electron chi connectivity index (χ2n) is 8.89. The molecule has 1 aromatic rings. The third kappa shape index (κ3) is 6.60. The highest BCUT2D eigenvalue weighted by molar-refractivity contribution is 14.0. The number of furan rings is 1. The van der Waals surface area contributed by atoms with E-state index in [0.29, 0.717) is 11.9 Å². The quantitative estimate of drug-likeness (QED) is 0.340. The van der Waals surface area contributed by atoms with Gasteiger partial charge in [-0.2, -0.15) is 0 Å². The molecular weight excluding hydrogens is 505 g/mol. The number of guanidine groups is 1. The minimum Gasteiger partial charge on any atom is -0.469 e. The fourth-order valence-electron chi connectivity index (χ4n) is 4.90. The van der Waals surface area contributed by atoms with E-state index in [4.69, 9.17) is 9.41 Å². The van der Waals surface area contributed by atoms with E-state index in [0.717, 1.165) is 76.8 Å². The van der Waals surface area contributed by atoms with Crippen molar-refractivity contribution in [3.05, 3.63) is 24.2 Å².